The fraction of sp³-hybridized carbons (Fsp3) is 0.167. The molecule has 0 aliphatic carbocycles. The lowest BCUT2D eigenvalue weighted by Crippen LogP contribution is -2.44. The second-order valence-corrected chi connectivity index (χ2v) is 7.48. The highest BCUT2D eigenvalue weighted by molar-refractivity contribution is 7.80. The van der Waals surface area contributed by atoms with E-state index in [1.807, 2.05) is 24.3 Å². The molecule has 122 valence electrons. The average Bonchev–Trinajstić information content (AvgIpc) is 3.27. The van der Waals surface area contributed by atoms with Crippen molar-refractivity contribution in [1.29, 1.82) is 0 Å². The maximum Gasteiger partial charge on any atom is 0.174 e. The van der Waals surface area contributed by atoms with Crippen LogP contribution in [-0.2, 0) is 6.54 Å². The smallest absolute Gasteiger partial charge is 0.174 e. The zero-order chi connectivity index (χ0) is 16.5. The predicted molar refractivity (Wildman–Crippen MR) is 105 cm³/mol. The van der Waals surface area contributed by atoms with E-state index in [2.05, 4.69) is 50.6 Å². The maximum absolute atomic E-state index is 5.96. The summed E-state index contributed by atoms with van der Waals surface area (Å²) in [5, 5.41) is 6.92. The van der Waals surface area contributed by atoms with Crippen LogP contribution in [0.15, 0.2) is 60.1 Å². The summed E-state index contributed by atoms with van der Waals surface area (Å²) in [4.78, 5) is 3.57. The van der Waals surface area contributed by atoms with Crippen LogP contribution in [0.5, 0.6) is 0 Å². The molecule has 1 atom stereocenters. The highest BCUT2D eigenvalue weighted by Gasteiger charge is 2.31. The molecule has 0 radical (unpaired) electrons. The molecule has 24 heavy (non-hydrogen) atoms. The van der Waals surface area contributed by atoms with Crippen molar-refractivity contribution in [2.45, 2.75) is 12.6 Å². The summed E-state index contributed by atoms with van der Waals surface area (Å²) >= 11 is 13.4. The number of nitrogens with one attached hydrogen (secondary N) is 1. The van der Waals surface area contributed by atoms with E-state index < -0.39 is 0 Å². The lowest BCUT2D eigenvalue weighted by Gasteiger charge is -2.38. The van der Waals surface area contributed by atoms with Crippen molar-refractivity contribution < 1.29 is 0 Å². The van der Waals surface area contributed by atoms with E-state index in [0.717, 1.165) is 28.9 Å². The van der Waals surface area contributed by atoms with Gasteiger partial charge < -0.3 is 14.8 Å². The van der Waals surface area contributed by atoms with E-state index in [0.29, 0.717) is 0 Å². The van der Waals surface area contributed by atoms with Gasteiger partial charge in [-0.2, -0.15) is 0 Å². The Bertz CT molecular complexity index is 840. The van der Waals surface area contributed by atoms with E-state index in [9.17, 15) is 0 Å². The predicted octanol–water partition coefficient (Wildman–Crippen LogP) is 5.01. The molecule has 0 spiro atoms. The van der Waals surface area contributed by atoms with Gasteiger partial charge in [-0.05, 0) is 60.1 Å². The van der Waals surface area contributed by atoms with E-state index in [4.69, 9.17) is 23.8 Å². The largest absolute Gasteiger partial charge is 0.347 e. The molecule has 3 heterocycles. The first-order valence-electron chi connectivity index (χ1n) is 7.74. The summed E-state index contributed by atoms with van der Waals surface area (Å²) in [6.45, 7) is 1.82. The number of thiocarbonyl (C=S) groups is 1. The van der Waals surface area contributed by atoms with Crippen LogP contribution in [0.4, 0.5) is 5.69 Å². The molecule has 6 heteroatoms. The van der Waals surface area contributed by atoms with Crippen molar-refractivity contribution in [3.63, 3.8) is 0 Å². The molecule has 0 saturated carbocycles. The van der Waals surface area contributed by atoms with Gasteiger partial charge in [0.2, 0.25) is 0 Å². The molecule has 1 aliphatic rings. The molecular formula is C18H16ClN3S2. The van der Waals surface area contributed by atoms with Crippen molar-refractivity contribution >= 4 is 46.0 Å². The molecule has 0 bridgehead atoms. The number of aromatic nitrogens is 1. The molecule has 0 amide bonds. The van der Waals surface area contributed by atoms with Gasteiger partial charge in [0.05, 0.1) is 0 Å². The molecular weight excluding hydrogens is 358 g/mol. The fourth-order valence-corrected chi connectivity index (χ4v) is 4.37. The Morgan fingerprint density at radius 3 is 2.71 bits per heavy atom. The van der Waals surface area contributed by atoms with Gasteiger partial charge in [-0.25, -0.2) is 0 Å². The van der Waals surface area contributed by atoms with Crippen molar-refractivity contribution in [2.24, 2.45) is 0 Å². The molecule has 3 aromatic rings. The van der Waals surface area contributed by atoms with Crippen LogP contribution in [0, 0.1) is 0 Å². The Morgan fingerprint density at radius 2 is 1.96 bits per heavy atom. The number of thiophene rings is 1. The van der Waals surface area contributed by atoms with Crippen molar-refractivity contribution in [3.8, 4) is 0 Å². The number of hydrogen-bond donors (Lipinski definition) is 1. The highest BCUT2D eigenvalue weighted by Crippen LogP contribution is 2.35. The average molecular weight is 374 g/mol. The number of rotatable bonds is 2. The summed E-state index contributed by atoms with van der Waals surface area (Å²) in [6.07, 6.45) is 2.14. The van der Waals surface area contributed by atoms with Crippen LogP contribution in [0.2, 0.25) is 5.02 Å². The third kappa shape index (κ3) is 2.95. The summed E-state index contributed by atoms with van der Waals surface area (Å²) < 4.78 is 2.31. The monoisotopic (exact) mass is 373 g/mol. The normalized spacial score (nSPS) is 16.7. The Balaban J connectivity index is 1.63. The van der Waals surface area contributed by atoms with Crippen LogP contribution in [0.25, 0.3) is 0 Å². The third-order valence-corrected chi connectivity index (χ3v) is 5.72. The second kappa shape index (κ2) is 6.59. The molecule has 0 saturated heterocycles. The summed E-state index contributed by atoms with van der Waals surface area (Å²) in [7, 11) is 0. The topological polar surface area (TPSA) is 20.2 Å². The first-order valence-corrected chi connectivity index (χ1v) is 9.40. The summed E-state index contributed by atoms with van der Waals surface area (Å²) in [5.41, 5.74) is 2.24. The van der Waals surface area contributed by atoms with E-state index in [-0.39, 0.29) is 6.04 Å². The number of nitrogens with zero attached hydrogens (tertiary/aromatic N) is 2. The van der Waals surface area contributed by atoms with Crippen molar-refractivity contribution in [1.82, 2.24) is 9.47 Å². The molecule has 1 aliphatic heterocycles. The Labute approximate surface area is 155 Å². The fourth-order valence-electron chi connectivity index (χ4n) is 3.08. The van der Waals surface area contributed by atoms with Crippen LogP contribution in [0.1, 0.15) is 16.6 Å². The highest BCUT2D eigenvalue weighted by atomic mass is 35.5. The van der Waals surface area contributed by atoms with Crippen molar-refractivity contribution in [3.05, 3.63) is 75.7 Å². The second-order valence-electron chi connectivity index (χ2n) is 5.67. The van der Waals surface area contributed by atoms with Crippen molar-refractivity contribution in [2.75, 3.05) is 11.9 Å². The minimum Gasteiger partial charge on any atom is -0.347 e. The number of hydrogen-bond acceptors (Lipinski definition) is 2. The van der Waals surface area contributed by atoms with Gasteiger partial charge in [0.15, 0.2) is 5.11 Å². The van der Waals surface area contributed by atoms with Crippen LogP contribution in [0.3, 0.4) is 0 Å². The molecule has 1 aromatic carbocycles. The van der Waals surface area contributed by atoms with Gasteiger partial charge in [0.25, 0.3) is 0 Å². The number of anilines is 1. The van der Waals surface area contributed by atoms with Crippen LogP contribution < -0.4 is 5.32 Å². The van der Waals surface area contributed by atoms with Gasteiger partial charge >= 0.3 is 0 Å². The quantitative estimate of drug-likeness (QED) is 0.638. The zero-order valence-corrected chi connectivity index (χ0v) is 15.2. The van der Waals surface area contributed by atoms with E-state index >= 15 is 0 Å². The Kier molecular flexibility index (Phi) is 4.31. The molecule has 0 unspecified atom stereocenters. The minimum absolute atomic E-state index is 0.154. The summed E-state index contributed by atoms with van der Waals surface area (Å²) in [5.74, 6) is 0. The third-order valence-electron chi connectivity index (χ3n) is 4.21. The minimum atomic E-state index is 0.154. The van der Waals surface area contributed by atoms with E-state index in [1.165, 1.54) is 10.6 Å². The number of fused-ring (bicyclic) bond motifs is 1. The van der Waals surface area contributed by atoms with Gasteiger partial charge in [0, 0.05) is 40.6 Å². The Hall–Kier alpha value is -1.82. The van der Waals surface area contributed by atoms with Gasteiger partial charge in [-0.1, -0.05) is 17.7 Å². The maximum atomic E-state index is 5.96. The molecule has 0 fully saturated rings. The van der Waals surface area contributed by atoms with Crippen LogP contribution >= 0.6 is 35.2 Å². The molecule has 4 rings (SSSR count). The molecule has 3 nitrogen and oxygen atoms in total. The van der Waals surface area contributed by atoms with E-state index in [1.54, 1.807) is 11.3 Å². The standard InChI is InChI=1S/C18H16ClN3S2/c19-13-5-7-14(8-6-13)20-18(23)22-11-10-21-9-1-3-15(21)17(22)16-4-2-12-24-16/h1-9,12,17H,10-11H2,(H,20,23)/t17-/m1/s1. The first-order chi connectivity index (χ1) is 11.7. The Morgan fingerprint density at radius 1 is 1.12 bits per heavy atom. The van der Waals surface area contributed by atoms with Gasteiger partial charge in [-0.15, -0.1) is 11.3 Å². The zero-order valence-electron chi connectivity index (χ0n) is 12.9. The van der Waals surface area contributed by atoms with Gasteiger partial charge in [-0.3, -0.25) is 0 Å². The number of benzene rings is 1. The summed E-state index contributed by atoms with van der Waals surface area (Å²) in [6, 6.07) is 16.3. The van der Waals surface area contributed by atoms with Crippen LogP contribution in [-0.4, -0.2) is 21.1 Å². The van der Waals surface area contributed by atoms with Gasteiger partial charge in [0.1, 0.15) is 6.04 Å². The lowest BCUT2D eigenvalue weighted by atomic mass is 10.1. The molecule has 2 aromatic heterocycles. The lowest BCUT2D eigenvalue weighted by molar-refractivity contribution is 0.297. The number of halogens is 1. The first kappa shape index (κ1) is 15.7. The molecule has 1 N–H and O–H groups in total. The SMILES string of the molecule is S=C(Nc1ccc(Cl)cc1)N1CCn2cccc2[C@@H]1c1cccs1.